The lowest BCUT2D eigenvalue weighted by molar-refractivity contribution is 0.133. The fourth-order valence-electron chi connectivity index (χ4n) is 3.09. The molecular weight excluding hydrogens is 236 g/mol. The standard InChI is InChI=1S/C16H26N2O/c1-15(2,3)12-5-7-16(17,8-6-12)13-9-14(19-4)11-18-10-13/h9-12H,5-8,17H2,1-4H3. The number of methoxy groups -OCH3 is 1. The molecule has 0 spiro atoms. The van der Waals surface area contributed by atoms with Crippen molar-refractivity contribution < 1.29 is 4.74 Å². The summed E-state index contributed by atoms with van der Waals surface area (Å²) in [6, 6.07) is 2.03. The second-order valence-electron chi connectivity index (χ2n) is 6.91. The Morgan fingerprint density at radius 1 is 1.26 bits per heavy atom. The molecule has 0 atom stereocenters. The van der Waals surface area contributed by atoms with E-state index in [0.717, 1.165) is 30.1 Å². The molecule has 1 aliphatic rings. The van der Waals surface area contributed by atoms with E-state index in [9.17, 15) is 0 Å². The smallest absolute Gasteiger partial charge is 0.137 e. The summed E-state index contributed by atoms with van der Waals surface area (Å²) in [5.74, 6) is 1.56. The Balaban J connectivity index is 2.13. The summed E-state index contributed by atoms with van der Waals surface area (Å²) in [6.45, 7) is 6.98. The molecular formula is C16H26N2O. The van der Waals surface area contributed by atoms with Gasteiger partial charge >= 0.3 is 0 Å². The fraction of sp³-hybridized carbons (Fsp3) is 0.688. The fourth-order valence-corrected chi connectivity index (χ4v) is 3.09. The Kier molecular flexibility index (Phi) is 3.86. The maximum absolute atomic E-state index is 6.61. The normalized spacial score (nSPS) is 28.2. The quantitative estimate of drug-likeness (QED) is 0.887. The predicted octanol–water partition coefficient (Wildman–Crippen LogP) is 3.48. The van der Waals surface area contributed by atoms with Crippen molar-refractivity contribution in [3.8, 4) is 5.75 Å². The first kappa shape index (κ1) is 14.3. The molecule has 2 N–H and O–H groups in total. The van der Waals surface area contributed by atoms with Crippen molar-refractivity contribution in [2.24, 2.45) is 17.1 Å². The summed E-state index contributed by atoms with van der Waals surface area (Å²) in [5, 5.41) is 0. The molecule has 3 nitrogen and oxygen atoms in total. The van der Waals surface area contributed by atoms with Crippen LogP contribution in [0.3, 0.4) is 0 Å². The Bertz CT molecular complexity index is 429. The van der Waals surface area contributed by atoms with E-state index in [1.54, 1.807) is 13.3 Å². The van der Waals surface area contributed by atoms with Gasteiger partial charge in [0.1, 0.15) is 5.75 Å². The summed E-state index contributed by atoms with van der Waals surface area (Å²) in [6.07, 6.45) is 8.07. The number of rotatable bonds is 2. The van der Waals surface area contributed by atoms with Crippen LogP contribution in [0.4, 0.5) is 0 Å². The van der Waals surface area contributed by atoms with Crippen LogP contribution in [-0.4, -0.2) is 12.1 Å². The summed E-state index contributed by atoms with van der Waals surface area (Å²) in [4.78, 5) is 4.24. The third-order valence-electron chi connectivity index (χ3n) is 4.63. The van der Waals surface area contributed by atoms with Crippen molar-refractivity contribution in [3.05, 3.63) is 24.0 Å². The minimum absolute atomic E-state index is 0.233. The van der Waals surface area contributed by atoms with Crippen molar-refractivity contribution in [3.63, 3.8) is 0 Å². The molecule has 0 radical (unpaired) electrons. The predicted molar refractivity (Wildman–Crippen MR) is 78.1 cm³/mol. The molecule has 1 aliphatic carbocycles. The van der Waals surface area contributed by atoms with Crippen LogP contribution in [0.2, 0.25) is 0 Å². The summed E-state index contributed by atoms with van der Waals surface area (Å²) >= 11 is 0. The third kappa shape index (κ3) is 3.08. The van der Waals surface area contributed by atoms with Crippen LogP contribution >= 0.6 is 0 Å². The van der Waals surface area contributed by atoms with Crippen molar-refractivity contribution in [2.45, 2.75) is 52.0 Å². The molecule has 1 saturated carbocycles. The van der Waals surface area contributed by atoms with E-state index in [2.05, 4.69) is 25.8 Å². The van der Waals surface area contributed by atoms with Gasteiger partial charge < -0.3 is 10.5 Å². The second-order valence-corrected chi connectivity index (χ2v) is 6.91. The van der Waals surface area contributed by atoms with Crippen LogP contribution in [0.15, 0.2) is 18.5 Å². The molecule has 19 heavy (non-hydrogen) atoms. The van der Waals surface area contributed by atoms with Gasteiger partial charge in [-0.15, -0.1) is 0 Å². The van der Waals surface area contributed by atoms with Crippen molar-refractivity contribution in [1.29, 1.82) is 0 Å². The molecule has 2 rings (SSSR count). The van der Waals surface area contributed by atoms with E-state index in [1.807, 2.05) is 12.3 Å². The molecule has 1 heterocycles. The topological polar surface area (TPSA) is 48.1 Å². The van der Waals surface area contributed by atoms with Crippen LogP contribution in [0.5, 0.6) is 5.75 Å². The van der Waals surface area contributed by atoms with Gasteiger partial charge in [0.2, 0.25) is 0 Å². The first-order chi connectivity index (χ1) is 8.85. The van der Waals surface area contributed by atoms with Gasteiger partial charge in [-0.25, -0.2) is 0 Å². The maximum Gasteiger partial charge on any atom is 0.137 e. The maximum atomic E-state index is 6.61. The summed E-state index contributed by atoms with van der Waals surface area (Å²) in [7, 11) is 1.67. The Morgan fingerprint density at radius 2 is 1.89 bits per heavy atom. The van der Waals surface area contributed by atoms with Crippen molar-refractivity contribution in [2.75, 3.05) is 7.11 Å². The third-order valence-corrected chi connectivity index (χ3v) is 4.63. The average molecular weight is 262 g/mol. The van der Waals surface area contributed by atoms with E-state index in [0.29, 0.717) is 5.41 Å². The molecule has 1 fully saturated rings. The molecule has 0 amide bonds. The molecule has 1 aromatic rings. The molecule has 0 bridgehead atoms. The molecule has 0 unspecified atom stereocenters. The van der Waals surface area contributed by atoms with Gasteiger partial charge in [0.15, 0.2) is 0 Å². The molecule has 0 saturated heterocycles. The molecule has 0 aliphatic heterocycles. The summed E-state index contributed by atoms with van der Waals surface area (Å²) < 4.78 is 5.25. The molecule has 0 aromatic carbocycles. The van der Waals surface area contributed by atoms with Gasteiger partial charge in [0.05, 0.1) is 13.3 Å². The highest BCUT2D eigenvalue weighted by Crippen LogP contribution is 2.44. The van der Waals surface area contributed by atoms with Gasteiger partial charge in [0, 0.05) is 11.7 Å². The minimum Gasteiger partial charge on any atom is -0.495 e. The number of nitrogens with zero attached hydrogens (tertiary/aromatic N) is 1. The Morgan fingerprint density at radius 3 is 2.42 bits per heavy atom. The number of ether oxygens (including phenoxy) is 1. The number of hydrogen-bond acceptors (Lipinski definition) is 3. The molecule has 106 valence electrons. The van der Waals surface area contributed by atoms with Gasteiger partial charge in [-0.2, -0.15) is 0 Å². The summed E-state index contributed by atoms with van der Waals surface area (Å²) in [5.41, 5.74) is 7.87. The van der Waals surface area contributed by atoms with Crippen molar-refractivity contribution in [1.82, 2.24) is 4.98 Å². The largest absolute Gasteiger partial charge is 0.495 e. The minimum atomic E-state index is -0.233. The van der Waals surface area contributed by atoms with Crippen LogP contribution in [0, 0.1) is 11.3 Å². The van der Waals surface area contributed by atoms with Gasteiger partial charge in [-0.05, 0) is 48.6 Å². The first-order valence-electron chi connectivity index (χ1n) is 7.13. The van der Waals surface area contributed by atoms with Gasteiger partial charge in [0.25, 0.3) is 0 Å². The second kappa shape index (κ2) is 5.12. The first-order valence-corrected chi connectivity index (χ1v) is 7.13. The van der Waals surface area contributed by atoms with Gasteiger partial charge in [-0.3, -0.25) is 4.98 Å². The van der Waals surface area contributed by atoms with Crippen molar-refractivity contribution >= 4 is 0 Å². The van der Waals surface area contributed by atoms with Crippen LogP contribution in [0.1, 0.15) is 52.0 Å². The zero-order valence-corrected chi connectivity index (χ0v) is 12.6. The highest BCUT2D eigenvalue weighted by Gasteiger charge is 2.37. The van der Waals surface area contributed by atoms with Gasteiger partial charge in [-0.1, -0.05) is 20.8 Å². The Labute approximate surface area is 116 Å². The Hall–Kier alpha value is -1.09. The molecule has 1 aromatic heterocycles. The van der Waals surface area contributed by atoms with E-state index in [1.165, 1.54) is 12.8 Å². The van der Waals surface area contributed by atoms with E-state index >= 15 is 0 Å². The average Bonchev–Trinajstić information content (AvgIpc) is 2.38. The highest BCUT2D eigenvalue weighted by molar-refractivity contribution is 5.29. The van der Waals surface area contributed by atoms with Crippen LogP contribution in [-0.2, 0) is 5.54 Å². The van der Waals surface area contributed by atoms with E-state index in [-0.39, 0.29) is 5.54 Å². The monoisotopic (exact) mass is 262 g/mol. The highest BCUT2D eigenvalue weighted by atomic mass is 16.5. The lowest BCUT2D eigenvalue weighted by Gasteiger charge is -2.42. The van der Waals surface area contributed by atoms with Crippen LogP contribution < -0.4 is 10.5 Å². The zero-order valence-electron chi connectivity index (χ0n) is 12.6. The molecule has 3 heteroatoms. The van der Waals surface area contributed by atoms with E-state index in [4.69, 9.17) is 10.5 Å². The number of hydrogen-bond donors (Lipinski definition) is 1. The van der Waals surface area contributed by atoms with Crippen LogP contribution in [0.25, 0.3) is 0 Å². The lowest BCUT2D eigenvalue weighted by atomic mass is 9.66. The zero-order chi connectivity index (χ0) is 14.1. The van der Waals surface area contributed by atoms with E-state index < -0.39 is 0 Å². The SMILES string of the molecule is COc1cncc(C2(N)CCC(C(C)(C)C)CC2)c1. The lowest BCUT2D eigenvalue weighted by Crippen LogP contribution is -2.42. The number of nitrogens with two attached hydrogens (primary N) is 1. The number of pyridine rings is 1. The number of aromatic nitrogens is 1.